The Morgan fingerprint density at radius 2 is 2.05 bits per heavy atom. The summed E-state index contributed by atoms with van der Waals surface area (Å²) in [5.41, 5.74) is -1.13. The van der Waals surface area contributed by atoms with Gasteiger partial charge in [-0.1, -0.05) is 0 Å². The molecule has 0 aliphatic carbocycles. The van der Waals surface area contributed by atoms with Crippen LogP contribution in [0.1, 0.15) is 20.8 Å². The van der Waals surface area contributed by atoms with Crippen LogP contribution in [0, 0.1) is 11.3 Å². The van der Waals surface area contributed by atoms with Crippen LogP contribution in [0.3, 0.4) is 0 Å². The minimum Gasteiger partial charge on any atom is -0.468 e. The summed E-state index contributed by atoms with van der Waals surface area (Å²) in [7, 11) is 1.39. The summed E-state index contributed by atoms with van der Waals surface area (Å²) in [5, 5.41) is 3.21. The molecule has 0 aromatic heterocycles. The summed E-state index contributed by atoms with van der Waals surface area (Å²) >= 11 is 0. The van der Waals surface area contributed by atoms with Crippen LogP contribution in [-0.4, -0.2) is 55.9 Å². The second-order valence-electron chi connectivity index (χ2n) is 6.34. The fourth-order valence-electron chi connectivity index (χ4n) is 2.88. The Morgan fingerprint density at radius 3 is 2.63 bits per heavy atom. The van der Waals surface area contributed by atoms with Gasteiger partial charge in [-0.05, 0) is 20.8 Å². The number of nitrogens with one attached hydrogen (secondary N) is 1. The van der Waals surface area contributed by atoms with Crippen LogP contribution in [0.5, 0.6) is 0 Å². The predicted molar refractivity (Wildman–Crippen MR) is 68.6 cm³/mol. The lowest BCUT2D eigenvalue weighted by molar-refractivity contribution is -0.152. The summed E-state index contributed by atoms with van der Waals surface area (Å²) < 4.78 is 10.3. The number of fused-ring (bicyclic) bond motifs is 1. The molecule has 0 saturated carbocycles. The summed E-state index contributed by atoms with van der Waals surface area (Å²) in [6, 6.07) is 0. The number of amides is 1. The van der Waals surface area contributed by atoms with Gasteiger partial charge in [0.05, 0.1) is 7.11 Å². The maximum atomic E-state index is 12.1. The Hall–Kier alpha value is -1.30. The minimum absolute atomic E-state index is 0.104. The predicted octanol–water partition coefficient (Wildman–Crippen LogP) is 0.616. The van der Waals surface area contributed by atoms with Gasteiger partial charge in [0.25, 0.3) is 0 Å². The molecule has 0 unspecified atom stereocenters. The van der Waals surface area contributed by atoms with Crippen LogP contribution < -0.4 is 5.32 Å². The van der Waals surface area contributed by atoms with Gasteiger partial charge < -0.3 is 19.7 Å². The molecule has 0 spiro atoms. The van der Waals surface area contributed by atoms with Gasteiger partial charge in [-0.3, -0.25) is 4.79 Å². The van der Waals surface area contributed by atoms with E-state index in [1.165, 1.54) is 7.11 Å². The molecule has 2 aliphatic rings. The first-order chi connectivity index (χ1) is 8.78. The molecule has 0 radical (unpaired) electrons. The van der Waals surface area contributed by atoms with Crippen molar-refractivity contribution in [3.63, 3.8) is 0 Å². The van der Waals surface area contributed by atoms with Crippen molar-refractivity contribution in [2.45, 2.75) is 26.4 Å². The highest BCUT2D eigenvalue weighted by Crippen LogP contribution is 2.40. The van der Waals surface area contributed by atoms with Crippen molar-refractivity contribution in [1.29, 1.82) is 0 Å². The van der Waals surface area contributed by atoms with Crippen LogP contribution in [-0.2, 0) is 14.3 Å². The molecule has 19 heavy (non-hydrogen) atoms. The smallest absolute Gasteiger partial charge is 0.410 e. The number of hydrogen-bond acceptors (Lipinski definition) is 5. The fraction of sp³-hybridized carbons (Fsp3) is 0.846. The number of nitrogens with zero attached hydrogens (tertiary/aromatic N) is 1. The average Bonchev–Trinajstić information content (AvgIpc) is 2.82. The van der Waals surface area contributed by atoms with Crippen LogP contribution in [0.15, 0.2) is 0 Å². The quantitative estimate of drug-likeness (QED) is 0.707. The molecule has 1 amide bonds. The average molecular weight is 270 g/mol. The highest BCUT2D eigenvalue weighted by molar-refractivity contribution is 5.81. The van der Waals surface area contributed by atoms with Gasteiger partial charge in [-0.15, -0.1) is 0 Å². The summed E-state index contributed by atoms with van der Waals surface area (Å²) in [5.74, 6) is -0.138. The Kier molecular flexibility index (Phi) is 3.47. The lowest BCUT2D eigenvalue weighted by atomic mass is 9.81. The molecule has 0 bridgehead atoms. The SMILES string of the molecule is COC(=O)[C@@]12CNC[C@@H]1CN(C(=O)OC(C)(C)C)C2. The van der Waals surface area contributed by atoms with E-state index < -0.39 is 11.0 Å². The van der Waals surface area contributed by atoms with Crippen molar-refractivity contribution < 1.29 is 19.1 Å². The van der Waals surface area contributed by atoms with E-state index in [4.69, 9.17) is 9.47 Å². The van der Waals surface area contributed by atoms with Crippen molar-refractivity contribution in [1.82, 2.24) is 10.2 Å². The van der Waals surface area contributed by atoms with E-state index in [-0.39, 0.29) is 18.0 Å². The molecular formula is C13H22N2O4. The summed E-state index contributed by atoms with van der Waals surface area (Å²) in [6.07, 6.45) is -0.356. The van der Waals surface area contributed by atoms with Gasteiger partial charge in [0, 0.05) is 32.1 Å². The first kappa shape index (κ1) is 14.1. The van der Waals surface area contributed by atoms with Crippen molar-refractivity contribution >= 4 is 12.1 Å². The third-order valence-electron chi connectivity index (χ3n) is 3.77. The number of likely N-dealkylation sites (tertiary alicyclic amines) is 1. The van der Waals surface area contributed by atoms with E-state index in [0.717, 1.165) is 6.54 Å². The number of rotatable bonds is 1. The molecule has 2 rings (SSSR count). The molecule has 6 heteroatoms. The van der Waals surface area contributed by atoms with E-state index in [9.17, 15) is 9.59 Å². The fourth-order valence-corrected chi connectivity index (χ4v) is 2.88. The molecular weight excluding hydrogens is 248 g/mol. The molecule has 2 fully saturated rings. The molecule has 6 nitrogen and oxygen atoms in total. The van der Waals surface area contributed by atoms with E-state index >= 15 is 0 Å². The van der Waals surface area contributed by atoms with Crippen molar-refractivity contribution in [3.8, 4) is 0 Å². The highest BCUT2D eigenvalue weighted by atomic mass is 16.6. The lowest BCUT2D eigenvalue weighted by Crippen LogP contribution is -2.43. The molecule has 2 atom stereocenters. The zero-order chi connectivity index (χ0) is 14.3. The third kappa shape index (κ3) is 2.54. The number of carbonyl (C=O) groups excluding carboxylic acids is 2. The van der Waals surface area contributed by atoms with Crippen LogP contribution in [0.25, 0.3) is 0 Å². The monoisotopic (exact) mass is 270 g/mol. The molecule has 0 aromatic carbocycles. The topological polar surface area (TPSA) is 67.9 Å². The standard InChI is InChI=1S/C13H22N2O4/c1-12(2,3)19-11(17)15-6-9-5-14-7-13(9,8-15)10(16)18-4/h9,14H,5-8H2,1-4H3/t9-,13-/m1/s1. The number of esters is 1. The highest BCUT2D eigenvalue weighted by Gasteiger charge is 2.57. The van der Waals surface area contributed by atoms with Gasteiger partial charge in [0.1, 0.15) is 11.0 Å². The molecule has 1 N–H and O–H groups in total. The molecule has 2 saturated heterocycles. The summed E-state index contributed by atoms with van der Waals surface area (Å²) in [6.45, 7) is 7.69. The second-order valence-corrected chi connectivity index (χ2v) is 6.34. The van der Waals surface area contributed by atoms with Crippen LogP contribution in [0.2, 0.25) is 0 Å². The maximum absolute atomic E-state index is 12.1. The number of hydrogen-bond donors (Lipinski definition) is 1. The number of ether oxygens (including phenoxy) is 2. The minimum atomic E-state index is -0.606. The van der Waals surface area contributed by atoms with E-state index in [1.54, 1.807) is 4.90 Å². The van der Waals surface area contributed by atoms with Gasteiger partial charge >= 0.3 is 12.1 Å². The van der Waals surface area contributed by atoms with Gasteiger partial charge in [-0.2, -0.15) is 0 Å². The second kappa shape index (κ2) is 4.67. The Balaban J connectivity index is 2.09. The number of carbonyl (C=O) groups is 2. The zero-order valence-electron chi connectivity index (χ0n) is 12.0. The normalized spacial score (nSPS) is 30.1. The molecule has 0 aromatic rings. The zero-order valence-corrected chi connectivity index (χ0v) is 12.0. The maximum Gasteiger partial charge on any atom is 0.410 e. The first-order valence-corrected chi connectivity index (χ1v) is 6.55. The van der Waals surface area contributed by atoms with Gasteiger partial charge in [0.2, 0.25) is 0 Å². The van der Waals surface area contributed by atoms with Crippen molar-refractivity contribution in [2.75, 3.05) is 33.3 Å². The van der Waals surface area contributed by atoms with E-state index in [1.807, 2.05) is 20.8 Å². The lowest BCUT2D eigenvalue weighted by Gasteiger charge is -2.26. The van der Waals surface area contributed by atoms with Crippen molar-refractivity contribution in [3.05, 3.63) is 0 Å². The Labute approximate surface area is 113 Å². The molecule has 108 valence electrons. The third-order valence-corrected chi connectivity index (χ3v) is 3.77. The largest absolute Gasteiger partial charge is 0.468 e. The van der Waals surface area contributed by atoms with Crippen LogP contribution >= 0.6 is 0 Å². The Morgan fingerprint density at radius 1 is 1.37 bits per heavy atom. The van der Waals surface area contributed by atoms with Gasteiger partial charge in [-0.25, -0.2) is 4.79 Å². The molecule has 2 aliphatic heterocycles. The van der Waals surface area contributed by atoms with Crippen molar-refractivity contribution in [2.24, 2.45) is 11.3 Å². The Bertz CT molecular complexity index is 391. The van der Waals surface area contributed by atoms with E-state index in [2.05, 4.69) is 5.32 Å². The number of methoxy groups -OCH3 is 1. The summed E-state index contributed by atoms with van der Waals surface area (Å²) in [4.78, 5) is 25.7. The first-order valence-electron chi connectivity index (χ1n) is 6.55. The van der Waals surface area contributed by atoms with Gasteiger partial charge in [0.15, 0.2) is 0 Å². The van der Waals surface area contributed by atoms with Crippen LogP contribution in [0.4, 0.5) is 4.79 Å². The molecule has 2 heterocycles. The van der Waals surface area contributed by atoms with E-state index in [0.29, 0.717) is 19.6 Å².